The van der Waals surface area contributed by atoms with Crippen molar-refractivity contribution in [1.29, 1.82) is 0 Å². The Bertz CT molecular complexity index is 480. The molecule has 2 heterocycles. The maximum atomic E-state index is 12.5. The first-order valence-corrected chi connectivity index (χ1v) is 8.63. The summed E-state index contributed by atoms with van der Waals surface area (Å²) in [6, 6.07) is -0.350. The topological polar surface area (TPSA) is 104 Å². The van der Waals surface area contributed by atoms with Crippen molar-refractivity contribution < 1.29 is 23.1 Å². The fourth-order valence-electron chi connectivity index (χ4n) is 2.78. The van der Waals surface area contributed by atoms with Gasteiger partial charge < -0.3 is 15.3 Å². The quantitative estimate of drug-likeness (QED) is 0.659. The van der Waals surface area contributed by atoms with Crippen LogP contribution in [0.1, 0.15) is 19.3 Å². The fourth-order valence-corrected chi connectivity index (χ4v) is 4.51. The number of piperidine rings is 1. The number of sulfone groups is 1. The number of nitrogens with one attached hydrogen (secondary N) is 1. The van der Waals surface area contributed by atoms with Crippen molar-refractivity contribution in [3.05, 3.63) is 0 Å². The lowest BCUT2D eigenvalue weighted by Crippen LogP contribution is -2.49. The molecule has 2 unspecified atom stereocenters. The Kier molecular flexibility index (Phi) is 4.64. The first-order valence-electron chi connectivity index (χ1n) is 6.81. The summed E-state index contributed by atoms with van der Waals surface area (Å²) in [4.78, 5) is 25.1. The molecule has 0 aromatic carbocycles. The summed E-state index contributed by atoms with van der Waals surface area (Å²) in [6.45, 7) is 0.240. The van der Waals surface area contributed by atoms with E-state index >= 15 is 0 Å². The van der Waals surface area contributed by atoms with E-state index in [-0.39, 0.29) is 48.4 Å². The molecule has 2 fully saturated rings. The van der Waals surface area contributed by atoms with Crippen molar-refractivity contribution >= 4 is 21.7 Å². The van der Waals surface area contributed by atoms with Crippen LogP contribution in [-0.4, -0.2) is 67.5 Å². The molecule has 2 aliphatic rings. The van der Waals surface area contributed by atoms with Crippen LogP contribution in [-0.2, 0) is 19.4 Å². The predicted octanol–water partition coefficient (Wildman–Crippen LogP) is -1.48. The van der Waals surface area contributed by atoms with Crippen LogP contribution in [0.4, 0.5) is 0 Å². The van der Waals surface area contributed by atoms with E-state index in [4.69, 9.17) is 5.11 Å². The highest BCUT2D eigenvalue weighted by Gasteiger charge is 2.37. The molecule has 0 aromatic rings. The number of amides is 2. The largest absolute Gasteiger partial charge is 0.395 e. The average molecular weight is 304 g/mol. The van der Waals surface area contributed by atoms with Gasteiger partial charge in [-0.25, -0.2) is 8.42 Å². The van der Waals surface area contributed by atoms with Gasteiger partial charge in [0.1, 0.15) is 0 Å². The number of hydrogen-bond donors (Lipinski definition) is 2. The highest BCUT2D eigenvalue weighted by atomic mass is 32.2. The zero-order valence-electron chi connectivity index (χ0n) is 11.2. The average Bonchev–Trinajstić information content (AvgIpc) is 2.76. The second-order valence-corrected chi connectivity index (χ2v) is 7.58. The number of nitrogens with zero attached hydrogens (tertiary/aromatic N) is 1. The van der Waals surface area contributed by atoms with Gasteiger partial charge in [0.15, 0.2) is 9.84 Å². The van der Waals surface area contributed by atoms with Gasteiger partial charge in [0.05, 0.1) is 24.0 Å². The van der Waals surface area contributed by atoms with Crippen LogP contribution in [0.25, 0.3) is 0 Å². The highest BCUT2D eigenvalue weighted by Crippen LogP contribution is 2.22. The minimum absolute atomic E-state index is 0.0299. The summed E-state index contributed by atoms with van der Waals surface area (Å²) in [5.41, 5.74) is 0. The van der Waals surface area contributed by atoms with E-state index in [1.165, 1.54) is 4.90 Å². The lowest BCUT2D eigenvalue weighted by molar-refractivity contribution is -0.139. The molecule has 20 heavy (non-hydrogen) atoms. The third kappa shape index (κ3) is 3.49. The second-order valence-electron chi connectivity index (χ2n) is 5.35. The van der Waals surface area contributed by atoms with E-state index in [1.807, 2.05) is 0 Å². The van der Waals surface area contributed by atoms with Gasteiger partial charge in [0.2, 0.25) is 11.8 Å². The number of rotatable bonds is 4. The third-order valence-corrected chi connectivity index (χ3v) is 5.64. The van der Waals surface area contributed by atoms with Gasteiger partial charge in [-0.2, -0.15) is 0 Å². The number of hydrogen-bond acceptors (Lipinski definition) is 5. The molecule has 2 amide bonds. The first kappa shape index (κ1) is 15.2. The maximum absolute atomic E-state index is 12.5. The van der Waals surface area contributed by atoms with Crippen molar-refractivity contribution in [1.82, 2.24) is 10.2 Å². The van der Waals surface area contributed by atoms with E-state index in [0.717, 1.165) is 0 Å². The maximum Gasteiger partial charge on any atom is 0.227 e. The van der Waals surface area contributed by atoms with Gasteiger partial charge in [0, 0.05) is 25.6 Å². The zero-order valence-corrected chi connectivity index (χ0v) is 12.1. The lowest BCUT2D eigenvalue weighted by atomic mass is 9.97. The van der Waals surface area contributed by atoms with E-state index in [0.29, 0.717) is 25.8 Å². The zero-order chi connectivity index (χ0) is 14.8. The molecule has 8 heteroatoms. The van der Waals surface area contributed by atoms with Gasteiger partial charge in [-0.15, -0.1) is 0 Å². The van der Waals surface area contributed by atoms with Crippen LogP contribution < -0.4 is 5.32 Å². The SMILES string of the molecule is O=C1CCC(C(=O)N(CCO)C2CCS(=O)(=O)C2)CN1. The normalized spacial score (nSPS) is 28.9. The molecule has 0 spiro atoms. The van der Waals surface area contributed by atoms with Gasteiger partial charge in [-0.05, 0) is 12.8 Å². The van der Waals surface area contributed by atoms with E-state index < -0.39 is 9.84 Å². The monoisotopic (exact) mass is 304 g/mol. The Hall–Kier alpha value is -1.15. The number of aliphatic hydroxyl groups is 1. The molecular weight excluding hydrogens is 284 g/mol. The van der Waals surface area contributed by atoms with E-state index in [2.05, 4.69) is 5.32 Å². The predicted molar refractivity (Wildman–Crippen MR) is 71.6 cm³/mol. The van der Waals surface area contributed by atoms with Crippen LogP contribution >= 0.6 is 0 Å². The molecule has 7 nitrogen and oxygen atoms in total. The number of aliphatic hydroxyl groups excluding tert-OH is 1. The second kappa shape index (κ2) is 6.09. The van der Waals surface area contributed by atoms with Gasteiger partial charge in [0.25, 0.3) is 0 Å². The summed E-state index contributed by atoms with van der Waals surface area (Å²) < 4.78 is 23.1. The Morgan fingerprint density at radius 1 is 1.40 bits per heavy atom. The van der Waals surface area contributed by atoms with Gasteiger partial charge in [-0.1, -0.05) is 0 Å². The van der Waals surface area contributed by atoms with E-state index in [9.17, 15) is 18.0 Å². The minimum Gasteiger partial charge on any atom is -0.395 e. The van der Waals surface area contributed by atoms with Crippen molar-refractivity contribution in [3.8, 4) is 0 Å². The fraction of sp³-hybridized carbons (Fsp3) is 0.833. The highest BCUT2D eigenvalue weighted by molar-refractivity contribution is 7.91. The van der Waals surface area contributed by atoms with E-state index in [1.54, 1.807) is 0 Å². The Morgan fingerprint density at radius 2 is 2.15 bits per heavy atom. The molecule has 2 rings (SSSR count). The van der Waals surface area contributed by atoms with Crippen LogP contribution in [0, 0.1) is 5.92 Å². The molecule has 0 saturated carbocycles. The Morgan fingerprint density at radius 3 is 2.65 bits per heavy atom. The standard InChI is InChI=1S/C12H20N2O5S/c15-5-4-14(10-3-6-20(18,19)8-10)12(17)9-1-2-11(16)13-7-9/h9-10,15H,1-8H2,(H,13,16). The molecule has 2 aliphatic heterocycles. The van der Waals surface area contributed by atoms with Gasteiger partial charge >= 0.3 is 0 Å². The number of carbonyl (C=O) groups excluding carboxylic acids is 2. The molecule has 2 atom stereocenters. The molecule has 0 bridgehead atoms. The molecule has 2 N–H and O–H groups in total. The first-order chi connectivity index (χ1) is 9.43. The van der Waals surface area contributed by atoms with Crippen LogP contribution in [0.15, 0.2) is 0 Å². The molecule has 0 aromatic heterocycles. The molecule has 0 aliphatic carbocycles. The van der Waals surface area contributed by atoms with Crippen molar-refractivity contribution in [2.24, 2.45) is 5.92 Å². The number of carbonyl (C=O) groups is 2. The van der Waals surface area contributed by atoms with Crippen molar-refractivity contribution in [2.45, 2.75) is 25.3 Å². The van der Waals surface area contributed by atoms with Gasteiger partial charge in [-0.3, -0.25) is 9.59 Å². The lowest BCUT2D eigenvalue weighted by Gasteiger charge is -2.32. The van der Waals surface area contributed by atoms with Crippen molar-refractivity contribution in [3.63, 3.8) is 0 Å². The minimum atomic E-state index is -3.08. The summed E-state index contributed by atoms with van der Waals surface area (Å²) in [5, 5.41) is 11.8. The molecular formula is C12H20N2O5S. The van der Waals surface area contributed by atoms with Crippen LogP contribution in [0.5, 0.6) is 0 Å². The molecule has 0 radical (unpaired) electrons. The van der Waals surface area contributed by atoms with Crippen LogP contribution in [0.2, 0.25) is 0 Å². The summed E-state index contributed by atoms with van der Waals surface area (Å²) in [5.74, 6) is -0.485. The molecule has 2 saturated heterocycles. The van der Waals surface area contributed by atoms with Crippen molar-refractivity contribution in [2.75, 3.05) is 31.2 Å². The summed E-state index contributed by atoms with van der Waals surface area (Å²) in [6.07, 6.45) is 1.21. The van der Waals surface area contributed by atoms with Crippen LogP contribution in [0.3, 0.4) is 0 Å². The summed E-state index contributed by atoms with van der Waals surface area (Å²) in [7, 11) is -3.08. The Balaban J connectivity index is 2.04. The Labute approximate surface area is 118 Å². The smallest absolute Gasteiger partial charge is 0.227 e. The molecule has 114 valence electrons. The third-order valence-electron chi connectivity index (χ3n) is 3.89. The summed E-state index contributed by atoms with van der Waals surface area (Å²) >= 11 is 0.